The molecule has 0 atom stereocenters. The first-order chi connectivity index (χ1) is 5.34. The molecule has 1 rings (SSSR count). The van der Waals surface area contributed by atoms with Gasteiger partial charge in [0.15, 0.2) is 0 Å². The van der Waals surface area contributed by atoms with Gasteiger partial charge in [-0.25, -0.2) is 0 Å². The zero-order valence-electron chi connectivity index (χ0n) is 6.58. The van der Waals surface area contributed by atoms with E-state index in [9.17, 15) is 5.11 Å². The van der Waals surface area contributed by atoms with Crippen molar-refractivity contribution in [2.45, 2.75) is 25.7 Å². The topological polar surface area (TPSA) is 40.5 Å². The van der Waals surface area contributed by atoms with Gasteiger partial charge in [-0.15, -0.1) is 0 Å². The minimum Gasteiger partial charge on any atom is -0.508 e. The van der Waals surface area contributed by atoms with E-state index in [-0.39, 0.29) is 6.61 Å². The highest BCUT2D eigenvalue weighted by molar-refractivity contribution is 5.27. The van der Waals surface area contributed by atoms with Gasteiger partial charge in [-0.1, -0.05) is 6.08 Å². The first-order valence-electron chi connectivity index (χ1n) is 4.04. The molecule has 1 aliphatic rings. The summed E-state index contributed by atoms with van der Waals surface area (Å²) in [6.07, 6.45) is 7.37. The number of rotatable bonds is 3. The van der Waals surface area contributed by atoms with E-state index in [4.69, 9.17) is 5.11 Å². The molecule has 0 heterocycles. The third-order valence-electron chi connectivity index (χ3n) is 1.83. The van der Waals surface area contributed by atoms with E-state index in [2.05, 4.69) is 0 Å². The van der Waals surface area contributed by atoms with Crippen LogP contribution in [0.1, 0.15) is 25.7 Å². The van der Waals surface area contributed by atoms with Crippen molar-refractivity contribution in [3.05, 3.63) is 23.5 Å². The van der Waals surface area contributed by atoms with E-state index in [1.807, 2.05) is 12.2 Å². The monoisotopic (exact) mass is 154 g/mol. The molecule has 0 unspecified atom stereocenters. The SMILES string of the molecule is OCCCC1=CCCC=C1O. The Morgan fingerprint density at radius 3 is 2.64 bits per heavy atom. The van der Waals surface area contributed by atoms with Gasteiger partial charge < -0.3 is 10.2 Å². The number of hydrogen-bond acceptors (Lipinski definition) is 2. The molecule has 0 saturated carbocycles. The molecule has 2 nitrogen and oxygen atoms in total. The normalized spacial score (nSPS) is 17.5. The maximum atomic E-state index is 9.31. The largest absolute Gasteiger partial charge is 0.508 e. The van der Waals surface area contributed by atoms with E-state index >= 15 is 0 Å². The van der Waals surface area contributed by atoms with Crippen molar-refractivity contribution in [2.75, 3.05) is 6.61 Å². The fourth-order valence-electron chi connectivity index (χ4n) is 1.21. The molecule has 0 aliphatic heterocycles. The molecule has 11 heavy (non-hydrogen) atoms. The standard InChI is InChI=1S/C9H14O2/c10-7-3-5-8-4-1-2-6-9(8)11/h4,6,10-11H,1-3,5,7H2. The molecule has 0 saturated heterocycles. The molecule has 0 bridgehead atoms. The third-order valence-corrected chi connectivity index (χ3v) is 1.83. The van der Waals surface area contributed by atoms with E-state index in [0.29, 0.717) is 5.76 Å². The van der Waals surface area contributed by atoms with Gasteiger partial charge in [0, 0.05) is 6.61 Å². The fraction of sp³-hybridized carbons (Fsp3) is 0.556. The van der Waals surface area contributed by atoms with Gasteiger partial charge in [0.1, 0.15) is 5.76 Å². The van der Waals surface area contributed by atoms with Gasteiger partial charge in [-0.2, -0.15) is 0 Å². The van der Waals surface area contributed by atoms with Crippen LogP contribution in [0.15, 0.2) is 23.5 Å². The second-order valence-electron chi connectivity index (χ2n) is 2.72. The molecule has 0 aromatic carbocycles. The molecule has 0 radical (unpaired) electrons. The fourth-order valence-corrected chi connectivity index (χ4v) is 1.21. The summed E-state index contributed by atoms with van der Waals surface area (Å²) in [5.74, 6) is 0.407. The molecular formula is C9H14O2. The molecule has 0 fully saturated rings. The first kappa shape index (κ1) is 8.34. The lowest BCUT2D eigenvalue weighted by Crippen LogP contribution is -1.95. The van der Waals surface area contributed by atoms with Crippen molar-refractivity contribution in [3.8, 4) is 0 Å². The Morgan fingerprint density at radius 1 is 1.27 bits per heavy atom. The van der Waals surface area contributed by atoms with Crippen molar-refractivity contribution < 1.29 is 10.2 Å². The smallest absolute Gasteiger partial charge is 0.114 e. The highest BCUT2D eigenvalue weighted by Crippen LogP contribution is 2.20. The Bertz CT molecular complexity index is 180. The van der Waals surface area contributed by atoms with Gasteiger partial charge in [-0.05, 0) is 37.3 Å². The Morgan fingerprint density at radius 2 is 2.00 bits per heavy atom. The summed E-state index contributed by atoms with van der Waals surface area (Å²) < 4.78 is 0. The van der Waals surface area contributed by atoms with Gasteiger partial charge in [0.05, 0.1) is 0 Å². The number of aliphatic hydroxyl groups excluding tert-OH is 2. The second kappa shape index (κ2) is 4.19. The predicted molar refractivity (Wildman–Crippen MR) is 44.3 cm³/mol. The van der Waals surface area contributed by atoms with E-state index in [1.54, 1.807) is 0 Å². The van der Waals surface area contributed by atoms with Gasteiger partial charge >= 0.3 is 0 Å². The van der Waals surface area contributed by atoms with Crippen LogP contribution < -0.4 is 0 Å². The van der Waals surface area contributed by atoms with Crippen LogP contribution in [-0.4, -0.2) is 16.8 Å². The van der Waals surface area contributed by atoms with E-state index < -0.39 is 0 Å². The Kier molecular flexibility index (Phi) is 3.17. The quantitative estimate of drug-likeness (QED) is 0.652. The summed E-state index contributed by atoms with van der Waals surface area (Å²) in [5, 5.41) is 17.9. The van der Waals surface area contributed by atoms with Gasteiger partial charge in [-0.3, -0.25) is 0 Å². The van der Waals surface area contributed by atoms with Crippen LogP contribution in [0.3, 0.4) is 0 Å². The minimum atomic E-state index is 0.199. The van der Waals surface area contributed by atoms with Gasteiger partial charge in [0.2, 0.25) is 0 Å². The van der Waals surface area contributed by atoms with Crippen LogP contribution in [0.5, 0.6) is 0 Å². The summed E-state index contributed by atoms with van der Waals surface area (Å²) in [4.78, 5) is 0. The zero-order chi connectivity index (χ0) is 8.10. The molecule has 2 N–H and O–H groups in total. The molecule has 0 amide bonds. The molecule has 1 aliphatic carbocycles. The summed E-state index contributed by atoms with van der Waals surface area (Å²) in [7, 11) is 0. The molecule has 0 aromatic heterocycles. The lowest BCUT2D eigenvalue weighted by Gasteiger charge is -2.09. The summed E-state index contributed by atoms with van der Waals surface area (Å²) in [6, 6.07) is 0. The number of allylic oxidation sites excluding steroid dienone is 3. The van der Waals surface area contributed by atoms with Crippen LogP contribution in [-0.2, 0) is 0 Å². The van der Waals surface area contributed by atoms with Crippen LogP contribution in [0.4, 0.5) is 0 Å². The Balaban J connectivity index is 2.43. The summed E-state index contributed by atoms with van der Waals surface area (Å²) >= 11 is 0. The number of hydrogen-bond donors (Lipinski definition) is 2. The lowest BCUT2D eigenvalue weighted by molar-refractivity contribution is 0.287. The van der Waals surface area contributed by atoms with Crippen molar-refractivity contribution in [1.82, 2.24) is 0 Å². The van der Waals surface area contributed by atoms with Crippen molar-refractivity contribution in [2.24, 2.45) is 0 Å². The lowest BCUT2D eigenvalue weighted by atomic mass is 10.0. The highest BCUT2D eigenvalue weighted by atomic mass is 16.3. The maximum Gasteiger partial charge on any atom is 0.114 e. The van der Waals surface area contributed by atoms with Crippen LogP contribution in [0, 0.1) is 0 Å². The zero-order valence-corrected chi connectivity index (χ0v) is 6.58. The summed E-state index contributed by atoms with van der Waals surface area (Å²) in [6.45, 7) is 0.199. The molecular weight excluding hydrogens is 140 g/mol. The maximum absolute atomic E-state index is 9.31. The van der Waals surface area contributed by atoms with Crippen LogP contribution in [0.25, 0.3) is 0 Å². The van der Waals surface area contributed by atoms with Crippen LogP contribution >= 0.6 is 0 Å². The average Bonchev–Trinajstić information content (AvgIpc) is 2.03. The van der Waals surface area contributed by atoms with Crippen molar-refractivity contribution in [3.63, 3.8) is 0 Å². The van der Waals surface area contributed by atoms with Gasteiger partial charge in [0.25, 0.3) is 0 Å². The van der Waals surface area contributed by atoms with Crippen molar-refractivity contribution >= 4 is 0 Å². The minimum absolute atomic E-state index is 0.199. The third kappa shape index (κ3) is 2.39. The van der Waals surface area contributed by atoms with E-state index in [0.717, 1.165) is 31.3 Å². The second-order valence-corrected chi connectivity index (χ2v) is 2.72. The number of aliphatic hydroxyl groups is 2. The molecule has 62 valence electrons. The molecule has 0 aromatic rings. The molecule has 2 heteroatoms. The van der Waals surface area contributed by atoms with E-state index in [1.165, 1.54) is 0 Å². The average molecular weight is 154 g/mol. The Hall–Kier alpha value is -0.760. The predicted octanol–water partition coefficient (Wildman–Crippen LogP) is 1.92. The molecule has 0 spiro atoms. The first-order valence-corrected chi connectivity index (χ1v) is 4.04. The Labute approximate surface area is 66.9 Å². The van der Waals surface area contributed by atoms with Crippen molar-refractivity contribution in [1.29, 1.82) is 0 Å². The summed E-state index contributed by atoms with van der Waals surface area (Å²) in [5.41, 5.74) is 0.991. The highest BCUT2D eigenvalue weighted by Gasteiger charge is 2.05. The van der Waals surface area contributed by atoms with Crippen LogP contribution in [0.2, 0.25) is 0 Å².